The minimum absolute atomic E-state index is 0.00678. The van der Waals surface area contributed by atoms with Crippen molar-refractivity contribution >= 4 is 11.4 Å². The van der Waals surface area contributed by atoms with E-state index in [0.29, 0.717) is 30.3 Å². The molecule has 1 saturated carbocycles. The van der Waals surface area contributed by atoms with Crippen molar-refractivity contribution in [3.8, 4) is 68.8 Å². The van der Waals surface area contributed by atoms with Gasteiger partial charge in [-0.25, -0.2) is 4.98 Å². The summed E-state index contributed by atoms with van der Waals surface area (Å²) in [5.74, 6) is 2.00. The van der Waals surface area contributed by atoms with Gasteiger partial charge < -0.3 is 30.8 Å². The van der Waals surface area contributed by atoms with Crippen molar-refractivity contribution < 1.29 is 0 Å². The number of fused-ring (bicyclic) bond motifs is 10. The molecule has 4 aromatic carbocycles. The average Bonchev–Trinajstić information content (AvgIpc) is 4.11. The molecule has 0 radical (unpaired) electrons. The SMILES string of the molecule is N#Cc1ccc(-c2cc3n(c2)Cc2cc(N4CC(Cc5cnc6n5-c5ccc(NC7CC(N)C7)cc5Cn5cc(-c7ccc(C#N)cc7)cc5-6)C[C@H](N)C4)ccc2-n2cnnc2-3)cc1. The Kier molecular flexibility index (Phi) is 8.90. The maximum atomic E-state index is 9.43. The van der Waals surface area contributed by atoms with Crippen molar-refractivity contribution in [1.29, 1.82) is 10.5 Å². The molecule has 1 saturated heterocycles. The smallest absolute Gasteiger partial charge is 0.185 e. The number of nitrogens with two attached hydrogens (primary N) is 2. The maximum absolute atomic E-state index is 9.43. The summed E-state index contributed by atoms with van der Waals surface area (Å²) < 4.78 is 9.03. The first-order valence-electron chi connectivity index (χ1n) is 22.0. The average molecular weight is 840 g/mol. The van der Waals surface area contributed by atoms with Gasteiger partial charge in [0.1, 0.15) is 6.33 Å². The van der Waals surface area contributed by atoms with Crippen molar-refractivity contribution in [3.05, 3.63) is 150 Å². The first-order chi connectivity index (χ1) is 31.3. The van der Waals surface area contributed by atoms with E-state index >= 15 is 0 Å². The van der Waals surface area contributed by atoms with Gasteiger partial charge in [0.05, 0.1) is 46.0 Å². The van der Waals surface area contributed by atoms with Gasteiger partial charge in [-0.05, 0) is 127 Å². The number of anilines is 2. The summed E-state index contributed by atoms with van der Waals surface area (Å²) in [5.41, 5.74) is 28.7. The Labute approximate surface area is 370 Å². The molecule has 0 amide bonds. The van der Waals surface area contributed by atoms with Crippen LogP contribution in [0.25, 0.3) is 56.7 Å². The minimum atomic E-state index is 0.00678. The zero-order valence-electron chi connectivity index (χ0n) is 35.1. The highest BCUT2D eigenvalue weighted by Gasteiger charge is 2.32. The molecule has 314 valence electrons. The quantitative estimate of drug-likeness (QED) is 0.147. The third-order valence-electron chi connectivity index (χ3n) is 13.6. The molecular weight excluding hydrogens is 795 g/mol. The highest BCUT2D eigenvalue weighted by atomic mass is 15.3. The molecule has 13 heteroatoms. The second-order valence-electron chi connectivity index (χ2n) is 18.0. The Morgan fingerprint density at radius 2 is 1.33 bits per heavy atom. The van der Waals surface area contributed by atoms with Crippen molar-refractivity contribution in [2.75, 3.05) is 23.3 Å². The summed E-state index contributed by atoms with van der Waals surface area (Å²) in [6.45, 7) is 3.00. The molecule has 64 heavy (non-hydrogen) atoms. The van der Waals surface area contributed by atoms with Crippen LogP contribution in [0.3, 0.4) is 0 Å². The van der Waals surface area contributed by atoms with Crippen molar-refractivity contribution in [2.24, 2.45) is 17.4 Å². The lowest BCUT2D eigenvalue weighted by atomic mass is 9.87. The summed E-state index contributed by atoms with van der Waals surface area (Å²) >= 11 is 0. The van der Waals surface area contributed by atoms with E-state index in [2.05, 4.69) is 118 Å². The van der Waals surface area contributed by atoms with Gasteiger partial charge in [-0.1, -0.05) is 24.3 Å². The lowest BCUT2D eigenvalue weighted by molar-refractivity contribution is 0.371. The summed E-state index contributed by atoms with van der Waals surface area (Å²) in [4.78, 5) is 7.63. The number of nitriles is 2. The van der Waals surface area contributed by atoms with Gasteiger partial charge in [0.25, 0.3) is 0 Å². The predicted molar refractivity (Wildman–Crippen MR) is 247 cm³/mol. The van der Waals surface area contributed by atoms with Crippen LogP contribution in [0.5, 0.6) is 0 Å². The predicted octanol–water partition coefficient (Wildman–Crippen LogP) is 7.49. The number of aromatic nitrogens is 7. The number of rotatable bonds is 7. The molecule has 7 heterocycles. The van der Waals surface area contributed by atoms with Gasteiger partial charge in [0.15, 0.2) is 11.6 Å². The van der Waals surface area contributed by atoms with Crippen molar-refractivity contribution in [3.63, 3.8) is 0 Å². The minimum Gasteiger partial charge on any atom is -0.382 e. The van der Waals surface area contributed by atoms with Gasteiger partial charge in [-0.2, -0.15) is 10.5 Å². The van der Waals surface area contributed by atoms with E-state index in [0.717, 1.165) is 113 Å². The molecule has 13 nitrogen and oxygen atoms in total. The third-order valence-corrected chi connectivity index (χ3v) is 13.6. The van der Waals surface area contributed by atoms with Gasteiger partial charge >= 0.3 is 0 Å². The molecule has 1 aliphatic carbocycles. The van der Waals surface area contributed by atoms with Crippen LogP contribution in [0.1, 0.15) is 47.2 Å². The highest BCUT2D eigenvalue weighted by Crippen LogP contribution is 2.39. The second kappa shape index (κ2) is 15.0. The van der Waals surface area contributed by atoms with Crippen LogP contribution >= 0.6 is 0 Å². The van der Waals surface area contributed by atoms with Gasteiger partial charge in [0, 0.05) is 91.1 Å². The molecule has 4 aliphatic rings. The molecule has 5 N–H and O–H groups in total. The fraction of sp³-hybridized carbons (Fsp3) is 0.235. The van der Waals surface area contributed by atoms with E-state index in [-0.39, 0.29) is 18.0 Å². The number of hydrogen-bond donors (Lipinski definition) is 3. The van der Waals surface area contributed by atoms with E-state index in [4.69, 9.17) is 16.5 Å². The normalized spacial score (nSPS) is 19.3. The van der Waals surface area contributed by atoms with E-state index in [1.165, 1.54) is 11.1 Å². The van der Waals surface area contributed by atoms with E-state index in [9.17, 15) is 10.5 Å². The lowest BCUT2D eigenvalue weighted by Crippen LogP contribution is -2.47. The van der Waals surface area contributed by atoms with Crippen LogP contribution in [0.4, 0.5) is 11.4 Å². The Bertz CT molecular complexity index is 3180. The number of imidazole rings is 1. The van der Waals surface area contributed by atoms with E-state index < -0.39 is 0 Å². The molecule has 4 aromatic heterocycles. The number of nitrogens with zero attached hydrogens (tertiary/aromatic N) is 10. The van der Waals surface area contributed by atoms with Gasteiger partial charge in [0.2, 0.25) is 0 Å². The number of nitrogens with one attached hydrogen (secondary N) is 1. The fourth-order valence-electron chi connectivity index (χ4n) is 10.4. The van der Waals surface area contributed by atoms with Gasteiger partial charge in [-0.15, -0.1) is 10.2 Å². The van der Waals surface area contributed by atoms with Crippen LogP contribution in [0.2, 0.25) is 0 Å². The van der Waals surface area contributed by atoms with Crippen LogP contribution in [0, 0.1) is 28.6 Å². The first-order valence-corrected chi connectivity index (χ1v) is 22.0. The molecule has 3 aliphatic heterocycles. The van der Waals surface area contributed by atoms with Crippen LogP contribution < -0.4 is 21.7 Å². The number of benzene rings is 4. The Hall–Kier alpha value is -7.71. The fourth-order valence-corrected chi connectivity index (χ4v) is 10.4. The summed E-state index contributed by atoms with van der Waals surface area (Å²) in [6, 6.07) is 38.5. The van der Waals surface area contributed by atoms with Crippen molar-refractivity contribution in [1.82, 2.24) is 33.4 Å². The Balaban J connectivity index is 0.859. The Morgan fingerprint density at radius 3 is 2.00 bits per heavy atom. The van der Waals surface area contributed by atoms with Crippen molar-refractivity contribution in [2.45, 2.75) is 56.9 Å². The van der Waals surface area contributed by atoms with Gasteiger partial charge in [-0.3, -0.25) is 9.13 Å². The molecule has 12 rings (SSSR count). The molecule has 1 unspecified atom stereocenters. The van der Waals surface area contributed by atoms with Crippen LogP contribution in [0.15, 0.2) is 122 Å². The Morgan fingerprint density at radius 1 is 0.672 bits per heavy atom. The van der Waals surface area contributed by atoms with Crippen LogP contribution in [-0.4, -0.2) is 64.7 Å². The largest absolute Gasteiger partial charge is 0.382 e. The molecule has 2 fully saturated rings. The number of piperidine rings is 1. The van der Waals surface area contributed by atoms with E-state index in [1.807, 2.05) is 48.5 Å². The molecular formula is C51H45N13. The summed E-state index contributed by atoms with van der Waals surface area (Å²) in [5, 5.41) is 31.4. The summed E-state index contributed by atoms with van der Waals surface area (Å²) in [7, 11) is 0. The van der Waals surface area contributed by atoms with E-state index in [1.54, 1.807) is 6.33 Å². The second-order valence-corrected chi connectivity index (χ2v) is 18.0. The third kappa shape index (κ3) is 6.56. The highest BCUT2D eigenvalue weighted by molar-refractivity contribution is 5.74. The first kappa shape index (κ1) is 38.0. The van der Waals surface area contributed by atoms with Crippen LogP contribution in [-0.2, 0) is 19.5 Å². The summed E-state index contributed by atoms with van der Waals surface area (Å²) in [6.07, 6.45) is 11.9. The monoisotopic (exact) mass is 839 g/mol. The molecule has 2 atom stereocenters. The maximum Gasteiger partial charge on any atom is 0.185 e. The standard InChI is InChI=1S/C51H45N13/c52-21-31-1-5-34(6-2-31)36-17-48-50-56-23-45(64(50)47-11-9-42(58-43-19-40(54)20-43)15-38(47)27-61(48)25-36)14-33-13-41(55)29-60(24-33)44-10-12-46-39(16-44)28-62-26-37(35-7-3-32(22-53)4-8-35)18-49(62)51-59-57-30-63(46)51/h1-12,15-18,23,25-26,30,33,40-41,43,58H,13-14,19-20,24,27-29,54-55H2/t33?,40?,41-,43?/m0/s1. The zero-order chi connectivity index (χ0) is 43.1. The molecule has 0 spiro atoms. The molecule has 8 aromatic rings. The lowest BCUT2D eigenvalue weighted by Gasteiger charge is -2.38. The molecule has 0 bridgehead atoms. The number of hydrogen-bond acceptors (Lipinski definition) is 9. The zero-order valence-corrected chi connectivity index (χ0v) is 35.1. The topological polar surface area (TPSA) is 173 Å².